The highest BCUT2D eigenvalue weighted by Crippen LogP contribution is 2.40. The van der Waals surface area contributed by atoms with E-state index in [0.29, 0.717) is 12.1 Å². The Hall–Kier alpha value is -5.88. The number of ether oxygens (including phenoxy) is 2. The van der Waals surface area contributed by atoms with E-state index in [1.807, 2.05) is 0 Å². The summed E-state index contributed by atoms with van der Waals surface area (Å²) in [6.07, 6.45) is -21.3. The maximum Gasteiger partial charge on any atom is 0.416 e. The van der Waals surface area contributed by atoms with Crippen molar-refractivity contribution in [1.82, 2.24) is 0 Å². The van der Waals surface area contributed by atoms with E-state index in [-0.39, 0.29) is 36.4 Å². The fourth-order valence-corrected chi connectivity index (χ4v) is 3.61. The Balaban J connectivity index is 2.43. The molecule has 236 valence electrons. The van der Waals surface area contributed by atoms with Gasteiger partial charge in [-0.05, 0) is 48.5 Å². The van der Waals surface area contributed by atoms with Crippen LogP contribution < -0.4 is 19.9 Å². The first kappa shape index (κ1) is 34.6. The van der Waals surface area contributed by atoms with Gasteiger partial charge in [-0.2, -0.15) is 52.7 Å². The van der Waals surface area contributed by atoms with Crippen molar-refractivity contribution in [2.24, 2.45) is 0 Å². The molecule has 0 aromatic heterocycles. The van der Waals surface area contributed by atoms with Gasteiger partial charge in [0, 0.05) is 10.4 Å². The fraction of sp³-hybridized carbons (Fsp3) is 0.143. The first-order valence-electron chi connectivity index (χ1n) is 11.5. The second kappa shape index (κ2) is 12.3. The summed E-state index contributed by atoms with van der Waals surface area (Å²) in [6, 6.07) is 3.65. The fourth-order valence-electron chi connectivity index (χ4n) is 3.61. The molecule has 46 heavy (non-hydrogen) atoms. The summed E-state index contributed by atoms with van der Waals surface area (Å²) in [5.74, 6) is -4.17. The zero-order valence-electron chi connectivity index (χ0n) is 21.8. The van der Waals surface area contributed by atoms with Crippen molar-refractivity contribution < 1.29 is 62.2 Å². The molecule has 3 aromatic rings. The van der Waals surface area contributed by atoms with Crippen molar-refractivity contribution in [2.75, 3.05) is 0 Å². The molecule has 0 amide bonds. The van der Waals surface area contributed by atoms with Gasteiger partial charge >= 0.3 is 24.7 Å². The van der Waals surface area contributed by atoms with Crippen molar-refractivity contribution in [2.45, 2.75) is 24.7 Å². The van der Waals surface area contributed by atoms with Crippen LogP contribution in [0.25, 0.3) is 21.1 Å². The van der Waals surface area contributed by atoms with Crippen molar-refractivity contribution in [3.63, 3.8) is 0 Å². The quantitative estimate of drug-likeness (QED) is 0.208. The van der Waals surface area contributed by atoms with Gasteiger partial charge in [0.05, 0.1) is 47.5 Å². The molecule has 18 heteroatoms. The third-order valence-electron chi connectivity index (χ3n) is 5.61. The Bertz CT molecular complexity index is 1760. The molecule has 6 nitrogen and oxygen atoms in total. The summed E-state index contributed by atoms with van der Waals surface area (Å²) >= 11 is 0. The molecule has 0 radical (unpaired) electrons. The number of rotatable bonds is 4. The van der Waals surface area contributed by atoms with Gasteiger partial charge in [0.1, 0.15) is 23.0 Å². The van der Waals surface area contributed by atoms with Crippen LogP contribution in [-0.2, 0) is 24.7 Å². The molecule has 0 fully saturated rings. The van der Waals surface area contributed by atoms with Gasteiger partial charge in [-0.1, -0.05) is 0 Å². The van der Waals surface area contributed by atoms with Gasteiger partial charge in [-0.3, -0.25) is 0 Å². The molecule has 0 saturated carbocycles. The minimum absolute atomic E-state index is 0.109. The van der Waals surface area contributed by atoms with E-state index in [4.69, 9.17) is 22.6 Å². The van der Waals surface area contributed by atoms with Crippen LogP contribution in [-0.4, -0.2) is 0 Å². The molecule has 0 bridgehead atoms. The zero-order chi connectivity index (χ0) is 34.8. The largest absolute Gasteiger partial charge is 0.458 e. The molecule has 3 aromatic carbocycles. The maximum absolute atomic E-state index is 13.4. The van der Waals surface area contributed by atoms with E-state index in [2.05, 4.69) is 9.69 Å². The highest BCUT2D eigenvalue weighted by molar-refractivity contribution is 5.72. The third-order valence-corrected chi connectivity index (χ3v) is 5.61. The van der Waals surface area contributed by atoms with Gasteiger partial charge in [0.25, 0.3) is 11.4 Å². The minimum atomic E-state index is -5.34. The van der Waals surface area contributed by atoms with Crippen LogP contribution >= 0.6 is 0 Å². The SMILES string of the molecule is [C-]#[N+]/C(C#N)=c1/cc(Oc2cc(C(F)(F)F)cc(C(F)(F)F)c2)/c(=C(\C#N)[N+]#[C-])cc1Oc1cc(C(F)(F)F)cc(C(F)(F)F)c1. The molecule has 0 N–H and O–H groups in total. The number of hydrogen-bond donors (Lipinski definition) is 0. The normalized spacial score (nSPS) is 13.4. The average molecular weight is 660 g/mol. The van der Waals surface area contributed by atoms with Gasteiger partial charge < -0.3 is 9.47 Å². The van der Waals surface area contributed by atoms with Crippen molar-refractivity contribution >= 4 is 11.4 Å². The van der Waals surface area contributed by atoms with Crippen LogP contribution in [0.4, 0.5) is 52.7 Å². The number of halogens is 12. The lowest BCUT2D eigenvalue weighted by atomic mass is 10.1. The molecule has 0 aliphatic rings. The van der Waals surface area contributed by atoms with Crippen molar-refractivity contribution in [3.05, 3.63) is 104 Å². The van der Waals surface area contributed by atoms with E-state index in [1.54, 1.807) is 0 Å². The molecule has 0 aliphatic carbocycles. The van der Waals surface area contributed by atoms with E-state index in [0.717, 1.165) is 0 Å². The number of hydrogen-bond acceptors (Lipinski definition) is 4. The second-order valence-corrected chi connectivity index (χ2v) is 8.68. The topological polar surface area (TPSA) is 74.8 Å². The Morgan fingerprint density at radius 1 is 0.500 bits per heavy atom. The van der Waals surface area contributed by atoms with Crippen molar-refractivity contribution in [3.8, 4) is 35.1 Å². The highest BCUT2D eigenvalue weighted by Gasteiger charge is 2.38. The Kier molecular flexibility index (Phi) is 9.22. The van der Waals surface area contributed by atoms with Gasteiger partial charge in [0.15, 0.2) is 0 Å². The van der Waals surface area contributed by atoms with Crippen LogP contribution in [0.3, 0.4) is 0 Å². The highest BCUT2D eigenvalue weighted by atomic mass is 19.4. The van der Waals surface area contributed by atoms with Gasteiger partial charge in [-0.15, -0.1) is 0 Å². The van der Waals surface area contributed by atoms with Crippen LogP contribution in [0.15, 0.2) is 48.5 Å². The summed E-state index contributed by atoms with van der Waals surface area (Å²) in [7, 11) is 0. The summed E-state index contributed by atoms with van der Waals surface area (Å²) in [5.41, 5.74) is -9.38. The van der Waals surface area contributed by atoms with Gasteiger partial charge in [-0.25, -0.2) is 20.2 Å². The molecule has 3 rings (SSSR count). The standard InChI is InChI=1S/C28H8F12N4O2/c1-43-21(11-41)19-9-24(46-18-7-15(27(35,36)37)4-16(8-18)28(38,39)40)20(22(12-42)44-2)10-23(19)45-17-5-13(25(29,30)31)3-14(6-17)26(32,33)34/h3-10H/b21-19-,22-20+. The van der Waals surface area contributed by atoms with E-state index >= 15 is 0 Å². The third kappa shape index (κ3) is 7.79. The molecular formula is C28H8F12N4O2. The predicted octanol–water partition coefficient (Wildman–Crippen LogP) is 8.45. The maximum atomic E-state index is 13.4. The first-order chi connectivity index (χ1) is 21.1. The summed E-state index contributed by atoms with van der Waals surface area (Å²) < 4.78 is 171. The smallest absolute Gasteiger partial charge is 0.416 e. The Morgan fingerprint density at radius 3 is 0.957 bits per heavy atom. The molecule has 0 atom stereocenters. The number of benzene rings is 3. The lowest BCUT2D eigenvalue weighted by Gasteiger charge is -2.17. The molecule has 0 spiro atoms. The van der Waals surface area contributed by atoms with Gasteiger partial charge in [0.2, 0.25) is 0 Å². The average Bonchev–Trinajstić information content (AvgIpc) is 2.94. The summed E-state index contributed by atoms with van der Waals surface area (Å²) in [6.45, 7) is 14.4. The van der Waals surface area contributed by atoms with Crippen LogP contribution in [0.2, 0.25) is 0 Å². The molecule has 0 aliphatic heterocycles. The lowest BCUT2D eigenvalue weighted by Crippen LogP contribution is -2.18. The van der Waals surface area contributed by atoms with Crippen LogP contribution in [0.5, 0.6) is 23.0 Å². The minimum Gasteiger partial charge on any atom is -0.458 e. The zero-order valence-corrected chi connectivity index (χ0v) is 21.8. The van der Waals surface area contributed by atoms with E-state index in [9.17, 15) is 63.2 Å². The van der Waals surface area contributed by atoms with Crippen molar-refractivity contribution in [1.29, 1.82) is 10.5 Å². The summed E-state index contributed by atoms with van der Waals surface area (Å²) in [5, 5.41) is 17.3. The molecular weight excluding hydrogens is 652 g/mol. The molecule has 0 heterocycles. The Morgan fingerprint density at radius 2 is 0.761 bits per heavy atom. The van der Waals surface area contributed by atoms with Crippen LogP contribution in [0.1, 0.15) is 22.3 Å². The Labute approximate surface area is 248 Å². The lowest BCUT2D eigenvalue weighted by molar-refractivity contribution is -0.144. The molecule has 0 unspecified atom stereocenters. The predicted molar refractivity (Wildman–Crippen MR) is 130 cm³/mol. The van der Waals surface area contributed by atoms with E-state index in [1.165, 1.54) is 12.1 Å². The monoisotopic (exact) mass is 660 g/mol. The number of alkyl halides is 12. The second-order valence-electron chi connectivity index (χ2n) is 8.68. The number of nitriles is 2. The first-order valence-corrected chi connectivity index (χ1v) is 11.5. The summed E-state index contributed by atoms with van der Waals surface area (Å²) in [4.78, 5) is 5.66. The number of nitrogens with zero attached hydrogens (tertiary/aromatic N) is 4. The van der Waals surface area contributed by atoms with Crippen LogP contribution in [0, 0.1) is 35.8 Å². The van der Waals surface area contributed by atoms with E-state index < -0.39 is 91.8 Å². The molecule has 0 saturated heterocycles.